The van der Waals surface area contributed by atoms with Crippen molar-refractivity contribution >= 4 is 39.3 Å². The third-order valence-electron chi connectivity index (χ3n) is 5.07. The van der Waals surface area contributed by atoms with Gasteiger partial charge in [-0.25, -0.2) is 9.97 Å². The molecule has 6 nitrogen and oxygen atoms in total. The number of carbonyl (C=O) groups excluding carboxylic acids is 1. The molecule has 8 heteroatoms. The number of morpholine rings is 1. The minimum Gasteiger partial charge on any atom is -0.469 e. The second-order valence-corrected chi connectivity index (χ2v) is 9.07. The first kappa shape index (κ1) is 19.1. The number of esters is 1. The molecule has 0 amide bonds. The predicted octanol–water partition coefficient (Wildman–Crippen LogP) is 3.06. The van der Waals surface area contributed by atoms with Crippen molar-refractivity contribution in [3.63, 3.8) is 0 Å². The first-order valence-corrected chi connectivity index (χ1v) is 11.4. The van der Waals surface area contributed by atoms with Gasteiger partial charge in [-0.15, -0.1) is 23.1 Å². The lowest BCUT2D eigenvalue weighted by Crippen LogP contribution is -2.36. The second-order valence-electron chi connectivity index (χ2n) is 6.90. The Morgan fingerprint density at radius 1 is 1.26 bits per heavy atom. The van der Waals surface area contributed by atoms with E-state index < -0.39 is 0 Å². The fourth-order valence-electron chi connectivity index (χ4n) is 3.63. The molecule has 0 bridgehead atoms. The summed E-state index contributed by atoms with van der Waals surface area (Å²) in [7, 11) is 1.44. The van der Waals surface area contributed by atoms with Crippen molar-refractivity contribution in [3.8, 4) is 0 Å². The van der Waals surface area contributed by atoms with Gasteiger partial charge in [0.2, 0.25) is 0 Å². The number of thiophene rings is 1. The highest BCUT2D eigenvalue weighted by molar-refractivity contribution is 7.99. The lowest BCUT2D eigenvalue weighted by atomic mass is 9.97. The van der Waals surface area contributed by atoms with Crippen molar-refractivity contribution in [2.75, 3.05) is 39.2 Å². The summed E-state index contributed by atoms with van der Waals surface area (Å²) < 4.78 is 10.2. The molecular weight excluding hydrogens is 382 g/mol. The molecule has 1 aliphatic heterocycles. The van der Waals surface area contributed by atoms with Crippen LogP contribution in [0.15, 0.2) is 5.03 Å². The number of ether oxygens (including phenoxy) is 2. The molecule has 0 spiro atoms. The van der Waals surface area contributed by atoms with E-state index in [0.717, 1.165) is 61.4 Å². The Balaban J connectivity index is 1.62. The molecular formula is C19H25N3O3S2. The number of carbonyl (C=O) groups is 1. The van der Waals surface area contributed by atoms with Gasteiger partial charge in [0.15, 0.2) is 0 Å². The number of methoxy groups -OCH3 is 1. The molecule has 1 fully saturated rings. The van der Waals surface area contributed by atoms with Crippen LogP contribution in [0.2, 0.25) is 0 Å². The number of hydrogen-bond acceptors (Lipinski definition) is 8. The molecule has 0 radical (unpaired) electrons. The van der Waals surface area contributed by atoms with Crippen molar-refractivity contribution in [1.82, 2.24) is 14.9 Å². The zero-order chi connectivity index (χ0) is 18.6. The molecule has 0 saturated carbocycles. The van der Waals surface area contributed by atoms with Gasteiger partial charge in [-0.05, 0) is 31.2 Å². The van der Waals surface area contributed by atoms with Crippen LogP contribution in [0.4, 0.5) is 0 Å². The van der Waals surface area contributed by atoms with Crippen LogP contribution in [-0.4, -0.2) is 60.0 Å². The van der Waals surface area contributed by atoms with Crippen molar-refractivity contribution in [3.05, 3.63) is 16.3 Å². The first-order valence-electron chi connectivity index (χ1n) is 9.55. The number of rotatable bonds is 6. The number of aryl methyl sites for hydroxylation is 2. The molecule has 27 heavy (non-hydrogen) atoms. The maximum Gasteiger partial charge on any atom is 0.306 e. The highest BCUT2D eigenvalue weighted by atomic mass is 32.2. The molecule has 1 aliphatic carbocycles. The van der Waals surface area contributed by atoms with Gasteiger partial charge in [0, 0.05) is 29.1 Å². The van der Waals surface area contributed by atoms with Gasteiger partial charge in [0.1, 0.15) is 15.7 Å². The Hall–Kier alpha value is -1.22. The quantitative estimate of drug-likeness (QED) is 0.414. The van der Waals surface area contributed by atoms with Gasteiger partial charge in [0.25, 0.3) is 0 Å². The van der Waals surface area contributed by atoms with Gasteiger partial charge in [-0.3, -0.25) is 9.69 Å². The van der Waals surface area contributed by atoms with Crippen LogP contribution in [0.5, 0.6) is 0 Å². The maximum atomic E-state index is 11.5. The molecule has 2 aliphatic rings. The minimum absolute atomic E-state index is 0.173. The van der Waals surface area contributed by atoms with E-state index in [0.29, 0.717) is 12.2 Å². The molecule has 2 aromatic heterocycles. The van der Waals surface area contributed by atoms with E-state index in [4.69, 9.17) is 19.4 Å². The van der Waals surface area contributed by atoms with E-state index in [1.165, 1.54) is 35.8 Å². The van der Waals surface area contributed by atoms with E-state index in [1.54, 1.807) is 11.8 Å². The average molecular weight is 408 g/mol. The number of aromatic nitrogens is 2. The Morgan fingerprint density at radius 2 is 2.07 bits per heavy atom. The van der Waals surface area contributed by atoms with Crippen LogP contribution in [0.1, 0.15) is 35.5 Å². The second kappa shape index (κ2) is 8.86. The normalized spacial score (nSPS) is 17.8. The maximum absolute atomic E-state index is 11.5. The van der Waals surface area contributed by atoms with Crippen LogP contribution in [-0.2, 0) is 33.7 Å². The summed E-state index contributed by atoms with van der Waals surface area (Å²) in [5.41, 5.74) is 1.44. The van der Waals surface area contributed by atoms with Crippen LogP contribution < -0.4 is 0 Å². The SMILES string of the molecule is COC(=O)CCSc1nc(CN2CCOCC2)nc2sc3c(c12)CCCC3. The molecule has 3 heterocycles. The monoisotopic (exact) mass is 407 g/mol. The summed E-state index contributed by atoms with van der Waals surface area (Å²) in [5.74, 6) is 1.39. The van der Waals surface area contributed by atoms with Gasteiger partial charge in [0.05, 0.1) is 33.3 Å². The molecule has 0 unspecified atom stereocenters. The summed E-state index contributed by atoms with van der Waals surface area (Å²) in [5, 5.41) is 2.27. The molecule has 0 N–H and O–H groups in total. The third kappa shape index (κ3) is 4.45. The van der Waals surface area contributed by atoms with E-state index in [1.807, 2.05) is 11.3 Å². The fourth-order valence-corrected chi connectivity index (χ4v) is 5.97. The van der Waals surface area contributed by atoms with Gasteiger partial charge >= 0.3 is 5.97 Å². The van der Waals surface area contributed by atoms with Crippen LogP contribution in [0.25, 0.3) is 10.2 Å². The minimum atomic E-state index is -0.173. The van der Waals surface area contributed by atoms with Crippen molar-refractivity contribution in [2.24, 2.45) is 0 Å². The number of hydrogen-bond donors (Lipinski definition) is 0. The molecule has 4 rings (SSSR count). The van der Waals surface area contributed by atoms with Crippen LogP contribution in [0, 0.1) is 0 Å². The summed E-state index contributed by atoms with van der Waals surface area (Å²) >= 11 is 3.49. The summed E-state index contributed by atoms with van der Waals surface area (Å²) in [4.78, 5) is 26.3. The topological polar surface area (TPSA) is 64.5 Å². The largest absolute Gasteiger partial charge is 0.469 e. The van der Waals surface area contributed by atoms with Crippen molar-refractivity contribution in [2.45, 2.75) is 43.7 Å². The van der Waals surface area contributed by atoms with E-state index in [-0.39, 0.29) is 5.97 Å². The predicted molar refractivity (Wildman–Crippen MR) is 108 cm³/mol. The Kier molecular flexibility index (Phi) is 6.27. The lowest BCUT2D eigenvalue weighted by molar-refractivity contribution is -0.140. The Morgan fingerprint density at radius 3 is 2.89 bits per heavy atom. The first-order chi connectivity index (χ1) is 13.2. The third-order valence-corrected chi connectivity index (χ3v) is 7.23. The Labute approximate surface area is 167 Å². The zero-order valence-corrected chi connectivity index (χ0v) is 17.3. The number of fused-ring (bicyclic) bond motifs is 3. The fraction of sp³-hybridized carbons (Fsp3) is 0.632. The lowest BCUT2D eigenvalue weighted by Gasteiger charge is -2.25. The summed E-state index contributed by atoms with van der Waals surface area (Å²) in [6.45, 7) is 4.15. The molecule has 2 aromatic rings. The van der Waals surface area contributed by atoms with E-state index in [9.17, 15) is 4.79 Å². The van der Waals surface area contributed by atoms with Crippen LogP contribution >= 0.6 is 23.1 Å². The molecule has 0 atom stereocenters. The van der Waals surface area contributed by atoms with E-state index >= 15 is 0 Å². The van der Waals surface area contributed by atoms with Crippen molar-refractivity contribution in [1.29, 1.82) is 0 Å². The average Bonchev–Trinajstić information content (AvgIpc) is 3.07. The highest BCUT2D eigenvalue weighted by Gasteiger charge is 2.22. The summed E-state index contributed by atoms with van der Waals surface area (Å²) in [6, 6.07) is 0. The number of thioether (sulfide) groups is 1. The smallest absolute Gasteiger partial charge is 0.306 e. The molecule has 0 aromatic carbocycles. The molecule has 146 valence electrons. The van der Waals surface area contributed by atoms with E-state index in [2.05, 4.69) is 4.90 Å². The standard InChI is InChI=1S/C19H25N3O3S2/c1-24-16(23)6-11-26-18-17-13-4-2-3-5-14(13)27-19(17)21-15(20-18)12-22-7-9-25-10-8-22/h2-12H2,1H3. The highest BCUT2D eigenvalue weighted by Crippen LogP contribution is 2.39. The zero-order valence-electron chi connectivity index (χ0n) is 15.7. The van der Waals surface area contributed by atoms with Crippen molar-refractivity contribution < 1.29 is 14.3 Å². The van der Waals surface area contributed by atoms with Gasteiger partial charge < -0.3 is 9.47 Å². The summed E-state index contributed by atoms with van der Waals surface area (Å²) in [6.07, 6.45) is 5.17. The van der Waals surface area contributed by atoms with Gasteiger partial charge in [-0.1, -0.05) is 0 Å². The molecule has 1 saturated heterocycles. The number of nitrogens with zero attached hydrogens (tertiary/aromatic N) is 3. The van der Waals surface area contributed by atoms with Crippen LogP contribution in [0.3, 0.4) is 0 Å². The van der Waals surface area contributed by atoms with Gasteiger partial charge in [-0.2, -0.15) is 0 Å². The Bertz CT molecular complexity index is 818.